The molecule has 1 N–H and O–H groups in total. The third kappa shape index (κ3) is 4.60. The van der Waals surface area contributed by atoms with Gasteiger partial charge in [0.05, 0.1) is 23.0 Å². The van der Waals surface area contributed by atoms with Gasteiger partial charge in [0.25, 0.3) is 11.6 Å². The predicted molar refractivity (Wildman–Crippen MR) is 108 cm³/mol. The molecular formula is C20H24N2O4S. The maximum atomic E-state index is 12.7. The molecule has 7 heteroatoms. The first-order valence-electron chi connectivity index (χ1n) is 8.46. The lowest BCUT2D eigenvalue weighted by Gasteiger charge is -2.27. The number of aryl methyl sites for hydroxylation is 1. The Morgan fingerprint density at radius 2 is 1.96 bits per heavy atom. The van der Waals surface area contributed by atoms with E-state index in [-0.39, 0.29) is 16.7 Å². The van der Waals surface area contributed by atoms with Crippen molar-refractivity contribution in [2.24, 2.45) is 0 Å². The Morgan fingerprint density at radius 1 is 1.30 bits per heavy atom. The van der Waals surface area contributed by atoms with Crippen molar-refractivity contribution in [3.8, 4) is 5.75 Å². The van der Waals surface area contributed by atoms with Gasteiger partial charge in [0.2, 0.25) is 0 Å². The van der Waals surface area contributed by atoms with Gasteiger partial charge in [-0.1, -0.05) is 38.1 Å². The Balaban J connectivity index is 2.30. The zero-order chi connectivity index (χ0) is 20.2. The summed E-state index contributed by atoms with van der Waals surface area (Å²) in [7, 11) is 1.45. The zero-order valence-electron chi connectivity index (χ0n) is 16.2. The van der Waals surface area contributed by atoms with Crippen molar-refractivity contribution in [1.82, 2.24) is 5.32 Å². The van der Waals surface area contributed by atoms with E-state index in [2.05, 4.69) is 5.32 Å². The minimum atomic E-state index is -0.561. The highest BCUT2D eigenvalue weighted by molar-refractivity contribution is 7.98. The Kier molecular flexibility index (Phi) is 6.49. The van der Waals surface area contributed by atoms with Gasteiger partial charge in [-0.15, -0.1) is 11.8 Å². The van der Waals surface area contributed by atoms with Gasteiger partial charge < -0.3 is 10.1 Å². The molecule has 6 nitrogen and oxygen atoms in total. The monoisotopic (exact) mass is 388 g/mol. The van der Waals surface area contributed by atoms with Crippen LogP contribution in [0.25, 0.3) is 0 Å². The smallest absolute Gasteiger partial charge is 0.285 e. The number of carbonyl (C=O) groups excluding carboxylic acids is 1. The largest absolute Gasteiger partial charge is 0.495 e. The van der Waals surface area contributed by atoms with Gasteiger partial charge in [-0.3, -0.25) is 14.9 Å². The number of hydrogen-bond acceptors (Lipinski definition) is 5. The predicted octanol–water partition coefficient (Wildman–Crippen LogP) is 4.34. The SMILES string of the molecule is COc1cc([N+](=O)[O-])c(C(=O)NCC(C)(C)c2ccccc2C)cc1SC. The van der Waals surface area contributed by atoms with Crippen molar-refractivity contribution in [3.63, 3.8) is 0 Å². The van der Waals surface area contributed by atoms with Crippen LogP contribution in [0.3, 0.4) is 0 Å². The van der Waals surface area contributed by atoms with Crippen molar-refractivity contribution in [2.45, 2.75) is 31.1 Å². The highest BCUT2D eigenvalue weighted by atomic mass is 32.2. The Hall–Kier alpha value is -2.54. The molecule has 0 heterocycles. The van der Waals surface area contributed by atoms with Gasteiger partial charge in [0, 0.05) is 12.0 Å². The summed E-state index contributed by atoms with van der Waals surface area (Å²) >= 11 is 1.37. The average Bonchev–Trinajstić information content (AvgIpc) is 2.65. The molecule has 0 unspecified atom stereocenters. The highest BCUT2D eigenvalue weighted by Gasteiger charge is 2.27. The minimum absolute atomic E-state index is 0.0331. The summed E-state index contributed by atoms with van der Waals surface area (Å²) in [4.78, 5) is 24.3. The third-order valence-corrected chi connectivity index (χ3v) is 5.27. The van der Waals surface area contributed by atoms with Crippen LogP contribution in [0, 0.1) is 17.0 Å². The first kappa shape index (κ1) is 20.8. The molecule has 2 aromatic carbocycles. The van der Waals surface area contributed by atoms with E-state index in [1.165, 1.54) is 31.0 Å². The minimum Gasteiger partial charge on any atom is -0.495 e. The molecule has 0 radical (unpaired) electrons. The number of hydrogen-bond donors (Lipinski definition) is 1. The molecule has 0 saturated heterocycles. The summed E-state index contributed by atoms with van der Waals surface area (Å²) in [5.41, 5.74) is 1.71. The number of nitro benzene ring substituents is 1. The zero-order valence-corrected chi connectivity index (χ0v) is 17.0. The van der Waals surface area contributed by atoms with E-state index >= 15 is 0 Å². The summed E-state index contributed by atoms with van der Waals surface area (Å²) in [5, 5.41) is 14.3. The van der Waals surface area contributed by atoms with Crippen molar-refractivity contribution in [2.75, 3.05) is 19.9 Å². The van der Waals surface area contributed by atoms with Crippen LogP contribution in [0.4, 0.5) is 5.69 Å². The summed E-state index contributed by atoms with van der Waals surface area (Å²) in [6, 6.07) is 10.8. The molecule has 2 aromatic rings. The number of thioether (sulfide) groups is 1. The van der Waals surface area contributed by atoms with Crippen LogP contribution in [-0.2, 0) is 5.41 Å². The Labute approximate surface area is 163 Å². The van der Waals surface area contributed by atoms with Crippen LogP contribution in [0.5, 0.6) is 5.75 Å². The number of carbonyl (C=O) groups is 1. The Bertz CT molecular complexity index is 865. The molecule has 0 aliphatic heterocycles. The second kappa shape index (κ2) is 8.43. The lowest BCUT2D eigenvalue weighted by molar-refractivity contribution is -0.385. The molecule has 0 atom stereocenters. The molecule has 0 saturated carbocycles. The molecule has 0 fully saturated rings. The van der Waals surface area contributed by atoms with Gasteiger partial charge in [-0.05, 0) is 30.4 Å². The fraction of sp³-hybridized carbons (Fsp3) is 0.350. The lowest BCUT2D eigenvalue weighted by atomic mass is 9.82. The van der Waals surface area contributed by atoms with Crippen LogP contribution in [0.2, 0.25) is 0 Å². The molecule has 0 spiro atoms. The number of nitro groups is 1. The molecule has 0 aliphatic rings. The first-order chi connectivity index (χ1) is 12.7. The van der Waals surface area contributed by atoms with E-state index in [9.17, 15) is 14.9 Å². The number of nitrogens with zero attached hydrogens (tertiary/aromatic N) is 1. The van der Waals surface area contributed by atoms with Gasteiger partial charge in [0.1, 0.15) is 11.3 Å². The standard InChI is InChI=1S/C20H24N2O4S/c1-13-8-6-7-9-15(13)20(2,3)12-21-19(23)14-10-18(27-5)17(26-4)11-16(14)22(24)25/h6-11H,12H2,1-5H3,(H,21,23). The summed E-state index contributed by atoms with van der Waals surface area (Å²) in [5.74, 6) is -0.0905. The van der Waals surface area contributed by atoms with Crippen LogP contribution in [-0.4, -0.2) is 30.7 Å². The second-order valence-corrected chi connectivity index (χ2v) is 7.71. The van der Waals surface area contributed by atoms with Gasteiger partial charge >= 0.3 is 0 Å². The number of ether oxygens (including phenoxy) is 1. The summed E-state index contributed by atoms with van der Waals surface area (Å²) in [6.07, 6.45) is 1.83. The van der Waals surface area contributed by atoms with E-state index in [0.717, 1.165) is 11.1 Å². The van der Waals surface area contributed by atoms with Crippen LogP contribution >= 0.6 is 11.8 Å². The first-order valence-corrected chi connectivity index (χ1v) is 9.68. The number of methoxy groups -OCH3 is 1. The van der Waals surface area contributed by atoms with E-state index in [0.29, 0.717) is 17.2 Å². The van der Waals surface area contributed by atoms with Gasteiger partial charge in [-0.25, -0.2) is 0 Å². The molecule has 1 amide bonds. The topological polar surface area (TPSA) is 81.5 Å². The number of amides is 1. The second-order valence-electron chi connectivity index (χ2n) is 6.86. The quantitative estimate of drug-likeness (QED) is 0.433. The highest BCUT2D eigenvalue weighted by Crippen LogP contribution is 2.34. The van der Waals surface area contributed by atoms with E-state index in [1.807, 2.05) is 51.3 Å². The van der Waals surface area contributed by atoms with Crippen molar-refractivity contribution >= 4 is 23.4 Å². The van der Waals surface area contributed by atoms with Crippen LogP contribution in [0.15, 0.2) is 41.3 Å². The lowest BCUT2D eigenvalue weighted by Crippen LogP contribution is -2.37. The van der Waals surface area contributed by atoms with Crippen LogP contribution in [0.1, 0.15) is 35.3 Å². The molecule has 144 valence electrons. The molecule has 27 heavy (non-hydrogen) atoms. The third-order valence-electron chi connectivity index (χ3n) is 4.51. The fourth-order valence-corrected chi connectivity index (χ4v) is 3.60. The average molecular weight is 388 g/mol. The maximum Gasteiger partial charge on any atom is 0.285 e. The summed E-state index contributed by atoms with van der Waals surface area (Å²) in [6.45, 7) is 6.45. The maximum absolute atomic E-state index is 12.7. The van der Waals surface area contributed by atoms with Crippen LogP contribution < -0.4 is 10.1 Å². The molecule has 0 bridgehead atoms. The van der Waals surface area contributed by atoms with E-state index in [4.69, 9.17) is 4.74 Å². The Morgan fingerprint density at radius 3 is 2.52 bits per heavy atom. The number of rotatable bonds is 7. The number of nitrogens with one attached hydrogen (secondary N) is 1. The van der Waals surface area contributed by atoms with Crippen molar-refractivity contribution in [3.05, 3.63) is 63.2 Å². The van der Waals surface area contributed by atoms with E-state index < -0.39 is 10.8 Å². The molecule has 0 aliphatic carbocycles. The normalized spacial score (nSPS) is 11.1. The van der Waals surface area contributed by atoms with E-state index in [1.54, 1.807) is 0 Å². The molecule has 2 rings (SSSR count). The number of benzene rings is 2. The van der Waals surface area contributed by atoms with Crippen molar-refractivity contribution in [1.29, 1.82) is 0 Å². The van der Waals surface area contributed by atoms with Gasteiger partial charge in [-0.2, -0.15) is 0 Å². The fourth-order valence-electron chi connectivity index (χ4n) is 3.03. The van der Waals surface area contributed by atoms with Crippen molar-refractivity contribution < 1.29 is 14.5 Å². The molecular weight excluding hydrogens is 364 g/mol. The summed E-state index contributed by atoms with van der Waals surface area (Å²) < 4.78 is 5.19. The molecule has 0 aromatic heterocycles. The van der Waals surface area contributed by atoms with Gasteiger partial charge in [0.15, 0.2) is 0 Å².